The minimum Gasteiger partial charge on any atom is -0.387 e. The van der Waals surface area contributed by atoms with Gasteiger partial charge in [0.15, 0.2) is 0 Å². The third kappa shape index (κ3) is 2.67. The molecular weight excluding hydrogens is 245 g/mol. The van der Waals surface area contributed by atoms with E-state index < -0.39 is 6.10 Å². The van der Waals surface area contributed by atoms with Crippen LogP contribution < -0.4 is 0 Å². The maximum absolute atomic E-state index is 12.8. The zero-order chi connectivity index (χ0) is 13.2. The smallest absolute Gasteiger partial charge is 0.123 e. The van der Waals surface area contributed by atoms with E-state index in [1.807, 2.05) is 6.20 Å². The number of aliphatic hydroxyl groups is 1. The van der Waals surface area contributed by atoms with Gasteiger partial charge < -0.3 is 9.67 Å². The van der Waals surface area contributed by atoms with Crippen molar-refractivity contribution in [1.82, 2.24) is 14.5 Å². The lowest BCUT2D eigenvalue weighted by Gasteiger charge is -2.29. The van der Waals surface area contributed by atoms with Gasteiger partial charge in [0.1, 0.15) is 11.6 Å². The predicted molar refractivity (Wildman–Crippen MR) is 68.9 cm³/mol. The lowest BCUT2D eigenvalue weighted by molar-refractivity contribution is 0.0962. The molecule has 0 amide bonds. The molecule has 2 aromatic rings. The van der Waals surface area contributed by atoms with E-state index in [0.29, 0.717) is 6.54 Å². The van der Waals surface area contributed by atoms with Crippen LogP contribution in [0.3, 0.4) is 0 Å². The average molecular weight is 261 g/mol. The number of imidazole rings is 1. The molecule has 1 atom stereocenters. The molecule has 0 bridgehead atoms. The minimum absolute atomic E-state index is 0.282. The second-order valence-corrected chi connectivity index (χ2v) is 4.84. The first-order valence-corrected chi connectivity index (χ1v) is 6.38. The topological polar surface area (TPSA) is 41.3 Å². The quantitative estimate of drug-likeness (QED) is 0.912. The first kappa shape index (κ1) is 12.3. The van der Waals surface area contributed by atoms with Gasteiger partial charge in [-0.1, -0.05) is 12.1 Å². The number of rotatable bonds is 3. The Hall–Kier alpha value is -1.72. The summed E-state index contributed by atoms with van der Waals surface area (Å²) in [6.45, 7) is 3.07. The van der Waals surface area contributed by atoms with Crippen LogP contribution in [0.15, 0.2) is 36.7 Å². The van der Waals surface area contributed by atoms with Crippen LogP contribution in [-0.2, 0) is 13.1 Å². The lowest BCUT2D eigenvalue weighted by atomic mass is 10.1. The van der Waals surface area contributed by atoms with Gasteiger partial charge in [0.05, 0.1) is 12.6 Å². The van der Waals surface area contributed by atoms with Crippen LogP contribution in [0.2, 0.25) is 0 Å². The minimum atomic E-state index is -0.595. The van der Waals surface area contributed by atoms with Gasteiger partial charge in [-0.3, -0.25) is 4.90 Å². The highest BCUT2D eigenvalue weighted by Crippen LogP contribution is 2.18. The Labute approximate surface area is 111 Å². The number of aliphatic hydroxyl groups excluding tert-OH is 1. The summed E-state index contributed by atoms with van der Waals surface area (Å²) in [4.78, 5) is 6.45. The summed E-state index contributed by atoms with van der Waals surface area (Å²) in [5.41, 5.74) is 0.746. The summed E-state index contributed by atoms with van der Waals surface area (Å²) in [5.74, 6) is 0.744. The van der Waals surface area contributed by atoms with E-state index in [1.165, 1.54) is 12.1 Å². The Morgan fingerprint density at radius 3 is 2.84 bits per heavy atom. The Kier molecular flexibility index (Phi) is 3.31. The Balaban J connectivity index is 1.64. The van der Waals surface area contributed by atoms with Crippen LogP contribution in [0.25, 0.3) is 0 Å². The van der Waals surface area contributed by atoms with Gasteiger partial charge in [-0.15, -0.1) is 0 Å². The summed E-state index contributed by atoms with van der Waals surface area (Å²) in [7, 11) is 0. The van der Waals surface area contributed by atoms with Crippen molar-refractivity contribution in [3.05, 3.63) is 53.9 Å². The van der Waals surface area contributed by atoms with Crippen molar-refractivity contribution in [2.24, 2.45) is 0 Å². The molecule has 1 aliphatic heterocycles. The molecule has 4 nitrogen and oxygen atoms in total. The number of nitrogens with zero attached hydrogens (tertiary/aromatic N) is 3. The van der Waals surface area contributed by atoms with E-state index in [4.69, 9.17) is 0 Å². The van der Waals surface area contributed by atoms with Crippen LogP contribution in [0.1, 0.15) is 17.5 Å². The van der Waals surface area contributed by atoms with Crippen LogP contribution >= 0.6 is 0 Å². The monoisotopic (exact) mass is 261 g/mol. The van der Waals surface area contributed by atoms with E-state index in [-0.39, 0.29) is 5.82 Å². The number of fused-ring (bicyclic) bond motifs is 1. The molecule has 0 saturated heterocycles. The molecular formula is C14H16FN3O. The van der Waals surface area contributed by atoms with E-state index >= 15 is 0 Å². The van der Waals surface area contributed by atoms with Crippen LogP contribution in [0, 0.1) is 5.82 Å². The van der Waals surface area contributed by atoms with Crippen molar-refractivity contribution in [2.45, 2.75) is 19.2 Å². The highest BCUT2D eigenvalue weighted by atomic mass is 19.1. The Morgan fingerprint density at radius 1 is 1.26 bits per heavy atom. The van der Waals surface area contributed by atoms with Gasteiger partial charge in [-0.2, -0.15) is 0 Å². The zero-order valence-electron chi connectivity index (χ0n) is 10.5. The first-order valence-electron chi connectivity index (χ1n) is 6.38. The molecule has 3 rings (SSSR count). The molecule has 5 heteroatoms. The van der Waals surface area contributed by atoms with Crippen molar-refractivity contribution in [1.29, 1.82) is 0 Å². The predicted octanol–water partition coefficient (Wildman–Crippen LogP) is 1.57. The SMILES string of the molecule is O[C@H](CN1CCn2ccnc2C1)c1ccc(F)cc1. The third-order valence-corrected chi connectivity index (χ3v) is 3.51. The fourth-order valence-electron chi connectivity index (χ4n) is 2.41. The van der Waals surface area contributed by atoms with Gasteiger partial charge >= 0.3 is 0 Å². The molecule has 19 heavy (non-hydrogen) atoms. The van der Waals surface area contributed by atoms with Crippen molar-refractivity contribution in [2.75, 3.05) is 13.1 Å². The number of aromatic nitrogens is 2. The average Bonchev–Trinajstić information content (AvgIpc) is 2.87. The summed E-state index contributed by atoms with van der Waals surface area (Å²) in [5, 5.41) is 10.2. The molecule has 2 heterocycles. The highest BCUT2D eigenvalue weighted by molar-refractivity contribution is 5.18. The van der Waals surface area contributed by atoms with E-state index in [9.17, 15) is 9.50 Å². The maximum atomic E-state index is 12.8. The van der Waals surface area contributed by atoms with Gasteiger partial charge in [0, 0.05) is 32.0 Å². The Bertz CT molecular complexity index is 552. The van der Waals surface area contributed by atoms with Gasteiger partial charge in [-0.25, -0.2) is 9.37 Å². The summed E-state index contributed by atoms with van der Waals surface area (Å²) < 4.78 is 15.0. The van der Waals surface area contributed by atoms with Crippen LogP contribution in [-0.4, -0.2) is 32.6 Å². The summed E-state index contributed by atoms with van der Waals surface area (Å²) in [6, 6.07) is 6.01. The molecule has 1 aromatic heterocycles. The number of β-amino-alcohol motifs (C(OH)–C–C–N with tert-alkyl or cyclic N) is 1. The van der Waals surface area contributed by atoms with Gasteiger partial charge in [-0.05, 0) is 17.7 Å². The van der Waals surface area contributed by atoms with Crippen LogP contribution in [0.5, 0.6) is 0 Å². The summed E-state index contributed by atoms with van der Waals surface area (Å²) >= 11 is 0. The summed E-state index contributed by atoms with van der Waals surface area (Å²) in [6.07, 6.45) is 3.18. The fraction of sp³-hybridized carbons (Fsp3) is 0.357. The zero-order valence-corrected chi connectivity index (χ0v) is 10.5. The largest absolute Gasteiger partial charge is 0.387 e. The molecule has 1 aromatic carbocycles. The van der Waals surface area contributed by atoms with Gasteiger partial charge in [0.25, 0.3) is 0 Å². The molecule has 0 aliphatic carbocycles. The normalized spacial score (nSPS) is 17.2. The number of halogens is 1. The number of hydrogen-bond donors (Lipinski definition) is 1. The molecule has 100 valence electrons. The van der Waals surface area contributed by atoms with Crippen LogP contribution in [0.4, 0.5) is 4.39 Å². The third-order valence-electron chi connectivity index (χ3n) is 3.51. The molecule has 0 fully saturated rings. The molecule has 1 aliphatic rings. The van der Waals surface area contributed by atoms with Crippen molar-refractivity contribution in [3.8, 4) is 0 Å². The second kappa shape index (κ2) is 5.11. The molecule has 0 spiro atoms. The number of benzene rings is 1. The molecule has 1 N–H and O–H groups in total. The Morgan fingerprint density at radius 2 is 2.05 bits per heavy atom. The first-order chi connectivity index (χ1) is 9.22. The molecule has 0 unspecified atom stereocenters. The molecule has 0 saturated carbocycles. The van der Waals surface area contributed by atoms with Crippen molar-refractivity contribution < 1.29 is 9.50 Å². The number of hydrogen-bond acceptors (Lipinski definition) is 3. The van der Waals surface area contributed by atoms with E-state index in [1.54, 1.807) is 18.3 Å². The molecule has 0 radical (unpaired) electrons. The highest BCUT2D eigenvalue weighted by Gasteiger charge is 2.19. The van der Waals surface area contributed by atoms with E-state index in [0.717, 1.165) is 31.0 Å². The van der Waals surface area contributed by atoms with E-state index in [2.05, 4.69) is 14.5 Å². The fourth-order valence-corrected chi connectivity index (χ4v) is 2.41. The van der Waals surface area contributed by atoms with Crippen molar-refractivity contribution >= 4 is 0 Å². The van der Waals surface area contributed by atoms with Gasteiger partial charge in [0.2, 0.25) is 0 Å². The van der Waals surface area contributed by atoms with Crippen molar-refractivity contribution in [3.63, 3.8) is 0 Å². The second-order valence-electron chi connectivity index (χ2n) is 4.84. The maximum Gasteiger partial charge on any atom is 0.123 e. The lowest BCUT2D eigenvalue weighted by Crippen LogP contribution is -2.36. The standard InChI is InChI=1S/C14H16FN3O/c15-12-3-1-11(2-4-12)13(19)9-17-7-8-18-6-5-16-14(18)10-17/h1-6,13,19H,7-10H2/t13-/m1/s1.